The lowest BCUT2D eigenvalue weighted by atomic mass is 10.1. The highest BCUT2D eigenvalue weighted by molar-refractivity contribution is 8.01. The van der Waals surface area contributed by atoms with Crippen molar-refractivity contribution in [1.29, 1.82) is 0 Å². The SMILES string of the molecule is O=C(CSc1nc2ccccc2s1)NC1CCc2ccccc21. The summed E-state index contributed by atoms with van der Waals surface area (Å²) in [5.41, 5.74) is 3.63. The van der Waals surface area contributed by atoms with E-state index in [2.05, 4.69) is 34.6 Å². The van der Waals surface area contributed by atoms with Crippen LogP contribution in [0, 0.1) is 0 Å². The summed E-state index contributed by atoms with van der Waals surface area (Å²) >= 11 is 3.16. The first-order chi connectivity index (χ1) is 11.3. The van der Waals surface area contributed by atoms with E-state index in [1.165, 1.54) is 27.6 Å². The second kappa shape index (κ2) is 6.34. The lowest BCUT2D eigenvalue weighted by Crippen LogP contribution is -2.28. The van der Waals surface area contributed by atoms with Gasteiger partial charge in [-0.25, -0.2) is 4.98 Å². The topological polar surface area (TPSA) is 42.0 Å². The number of thiazole rings is 1. The van der Waals surface area contributed by atoms with Crippen LogP contribution in [0.3, 0.4) is 0 Å². The van der Waals surface area contributed by atoms with E-state index >= 15 is 0 Å². The van der Waals surface area contributed by atoms with Crippen molar-refractivity contribution in [3.05, 3.63) is 59.7 Å². The number of hydrogen-bond donors (Lipinski definition) is 1. The zero-order valence-corrected chi connectivity index (χ0v) is 14.1. The maximum absolute atomic E-state index is 12.2. The summed E-state index contributed by atoms with van der Waals surface area (Å²) in [6.07, 6.45) is 2.04. The van der Waals surface area contributed by atoms with Crippen LogP contribution in [0.5, 0.6) is 0 Å². The number of para-hydroxylation sites is 1. The number of rotatable bonds is 4. The highest BCUT2D eigenvalue weighted by atomic mass is 32.2. The lowest BCUT2D eigenvalue weighted by Gasteiger charge is -2.13. The molecule has 0 fully saturated rings. The van der Waals surface area contributed by atoms with Gasteiger partial charge in [-0.2, -0.15) is 0 Å². The average molecular weight is 340 g/mol. The molecular weight excluding hydrogens is 324 g/mol. The number of carbonyl (C=O) groups excluding carboxylic acids is 1. The van der Waals surface area contributed by atoms with Crippen molar-refractivity contribution in [3.8, 4) is 0 Å². The van der Waals surface area contributed by atoms with Gasteiger partial charge in [0, 0.05) is 0 Å². The molecule has 3 aromatic rings. The number of nitrogens with one attached hydrogen (secondary N) is 1. The molecule has 1 heterocycles. The first-order valence-electron chi connectivity index (χ1n) is 7.65. The van der Waals surface area contributed by atoms with Gasteiger partial charge in [-0.05, 0) is 36.1 Å². The van der Waals surface area contributed by atoms with Crippen molar-refractivity contribution >= 4 is 39.2 Å². The second-order valence-electron chi connectivity index (χ2n) is 5.59. The number of aryl methyl sites for hydroxylation is 1. The summed E-state index contributed by atoms with van der Waals surface area (Å²) < 4.78 is 2.12. The van der Waals surface area contributed by atoms with Crippen LogP contribution >= 0.6 is 23.1 Å². The Kier molecular flexibility index (Phi) is 4.06. The van der Waals surface area contributed by atoms with E-state index in [-0.39, 0.29) is 11.9 Å². The highest BCUT2D eigenvalue weighted by Crippen LogP contribution is 2.32. The molecule has 1 N–H and O–H groups in total. The first kappa shape index (κ1) is 14.7. The van der Waals surface area contributed by atoms with Crippen molar-refractivity contribution in [2.75, 3.05) is 5.75 Å². The van der Waals surface area contributed by atoms with Crippen LogP contribution in [0.4, 0.5) is 0 Å². The minimum absolute atomic E-state index is 0.0796. The maximum atomic E-state index is 12.2. The summed E-state index contributed by atoms with van der Waals surface area (Å²) in [6.45, 7) is 0. The van der Waals surface area contributed by atoms with Gasteiger partial charge in [0.15, 0.2) is 4.34 Å². The molecular formula is C18H16N2OS2. The van der Waals surface area contributed by atoms with Crippen molar-refractivity contribution in [1.82, 2.24) is 10.3 Å². The Morgan fingerprint density at radius 3 is 2.96 bits per heavy atom. The van der Waals surface area contributed by atoms with E-state index in [9.17, 15) is 4.79 Å². The van der Waals surface area contributed by atoms with Gasteiger partial charge in [0.2, 0.25) is 5.91 Å². The molecule has 23 heavy (non-hydrogen) atoms. The van der Waals surface area contributed by atoms with Crippen LogP contribution in [0.1, 0.15) is 23.6 Å². The second-order valence-corrected chi connectivity index (χ2v) is 7.85. The van der Waals surface area contributed by atoms with Crippen LogP contribution in [-0.2, 0) is 11.2 Å². The Balaban J connectivity index is 1.37. The van der Waals surface area contributed by atoms with Crippen molar-refractivity contribution in [3.63, 3.8) is 0 Å². The zero-order valence-electron chi connectivity index (χ0n) is 12.5. The molecule has 2 aromatic carbocycles. The number of aromatic nitrogens is 1. The minimum atomic E-state index is 0.0796. The smallest absolute Gasteiger partial charge is 0.230 e. The molecule has 1 atom stereocenters. The van der Waals surface area contributed by atoms with Crippen LogP contribution in [-0.4, -0.2) is 16.6 Å². The molecule has 1 unspecified atom stereocenters. The zero-order chi connectivity index (χ0) is 15.6. The van der Waals surface area contributed by atoms with Gasteiger partial charge in [-0.3, -0.25) is 4.79 Å². The number of fused-ring (bicyclic) bond motifs is 2. The van der Waals surface area contributed by atoms with E-state index in [1.54, 1.807) is 11.3 Å². The molecule has 1 amide bonds. The molecule has 0 aliphatic heterocycles. The van der Waals surface area contributed by atoms with Crippen LogP contribution in [0.15, 0.2) is 52.9 Å². The molecule has 0 bridgehead atoms. The number of benzene rings is 2. The molecule has 3 nitrogen and oxygen atoms in total. The number of thioether (sulfide) groups is 1. The molecule has 1 aliphatic carbocycles. The minimum Gasteiger partial charge on any atom is -0.349 e. The number of nitrogens with zero attached hydrogens (tertiary/aromatic N) is 1. The standard InChI is InChI=1S/C18H16N2OS2/c21-17(19-14-10-9-12-5-1-2-6-13(12)14)11-22-18-20-15-7-3-4-8-16(15)23-18/h1-8,14H,9-11H2,(H,19,21). The fourth-order valence-electron chi connectivity index (χ4n) is 2.98. The summed E-state index contributed by atoms with van der Waals surface area (Å²) in [6, 6.07) is 16.6. The number of hydrogen-bond acceptors (Lipinski definition) is 4. The van der Waals surface area contributed by atoms with Gasteiger partial charge >= 0.3 is 0 Å². The molecule has 0 radical (unpaired) electrons. The first-order valence-corrected chi connectivity index (χ1v) is 9.45. The fourth-order valence-corrected chi connectivity index (χ4v) is 4.86. The molecule has 0 saturated heterocycles. The quantitative estimate of drug-likeness (QED) is 0.724. The molecule has 0 saturated carbocycles. The Morgan fingerprint density at radius 2 is 2.04 bits per heavy atom. The molecule has 5 heteroatoms. The highest BCUT2D eigenvalue weighted by Gasteiger charge is 2.23. The van der Waals surface area contributed by atoms with Gasteiger partial charge < -0.3 is 5.32 Å². The van der Waals surface area contributed by atoms with Gasteiger partial charge in [-0.1, -0.05) is 48.2 Å². The third-order valence-corrected chi connectivity index (χ3v) is 6.25. The number of amides is 1. The molecule has 4 rings (SSSR count). The van der Waals surface area contributed by atoms with Crippen molar-refractivity contribution in [2.45, 2.75) is 23.2 Å². The average Bonchev–Trinajstić information content (AvgIpc) is 3.17. The van der Waals surface area contributed by atoms with Crippen LogP contribution in [0.25, 0.3) is 10.2 Å². The predicted octanol–water partition coefficient (Wildman–Crippen LogP) is 4.19. The summed E-state index contributed by atoms with van der Waals surface area (Å²) in [5.74, 6) is 0.495. The molecule has 116 valence electrons. The van der Waals surface area contributed by atoms with Crippen LogP contribution < -0.4 is 5.32 Å². The normalized spacial score (nSPS) is 16.4. The van der Waals surface area contributed by atoms with Gasteiger partial charge in [0.05, 0.1) is 22.0 Å². The van der Waals surface area contributed by atoms with E-state index in [4.69, 9.17) is 0 Å². The van der Waals surface area contributed by atoms with E-state index in [1.807, 2.05) is 24.3 Å². The van der Waals surface area contributed by atoms with Crippen molar-refractivity contribution in [2.24, 2.45) is 0 Å². The van der Waals surface area contributed by atoms with E-state index < -0.39 is 0 Å². The largest absolute Gasteiger partial charge is 0.349 e. The summed E-state index contributed by atoms with van der Waals surface area (Å²) in [7, 11) is 0. The lowest BCUT2D eigenvalue weighted by molar-refractivity contribution is -0.119. The number of carbonyl (C=O) groups is 1. The fraction of sp³-hybridized carbons (Fsp3) is 0.222. The maximum Gasteiger partial charge on any atom is 0.230 e. The third kappa shape index (κ3) is 3.12. The molecule has 1 aromatic heterocycles. The molecule has 0 spiro atoms. The predicted molar refractivity (Wildman–Crippen MR) is 96.0 cm³/mol. The summed E-state index contributed by atoms with van der Waals surface area (Å²) in [5, 5.41) is 3.16. The third-order valence-electron chi connectivity index (χ3n) is 4.07. The van der Waals surface area contributed by atoms with Crippen molar-refractivity contribution < 1.29 is 4.79 Å². The van der Waals surface area contributed by atoms with Gasteiger partial charge in [0.25, 0.3) is 0 Å². The van der Waals surface area contributed by atoms with Crippen LogP contribution in [0.2, 0.25) is 0 Å². The van der Waals surface area contributed by atoms with Gasteiger partial charge in [-0.15, -0.1) is 11.3 Å². The molecule has 1 aliphatic rings. The monoisotopic (exact) mass is 340 g/mol. The Morgan fingerprint density at radius 1 is 1.22 bits per heavy atom. The Hall–Kier alpha value is -1.85. The van der Waals surface area contributed by atoms with E-state index in [0.717, 1.165) is 22.7 Å². The summed E-state index contributed by atoms with van der Waals surface area (Å²) in [4.78, 5) is 16.8. The van der Waals surface area contributed by atoms with Gasteiger partial charge in [0.1, 0.15) is 0 Å². The Bertz CT molecular complexity index is 826. The van der Waals surface area contributed by atoms with E-state index in [0.29, 0.717) is 5.75 Å². The Labute approximate surface area is 143 Å².